The molecule has 2 aromatic carbocycles. The Labute approximate surface area is 152 Å². The molecular weight excluding hydrogens is 384 g/mol. The van der Waals surface area contributed by atoms with E-state index in [4.69, 9.17) is 5.26 Å². The predicted octanol–water partition coefficient (Wildman–Crippen LogP) is 2.81. The van der Waals surface area contributed by atoms with E-state index in [-0.39, 0.29) is 12.5 Å². The second kappa shape index (κ2) is 7.68. The van der Waals surface area contributed by atoms with Crippen LogP contribution in [0.1, 0.15) is 5.56 Å². The molecule has 0 saturated carbocycles. The fraction of sp³-hybridized carbons (Fsp3) is 0.118. The normalized spacial score (nSPS) is 10.2. The maximum absolute atomic E-state index is 12.1. The van der Waals surface area contributed by atoms with Gasteiger partial charge in [-0.1, -0.05) is 28.1 Å². The van der Waals surface area contributed by atoms with Gasteiger partial charge in [0.25, 0.3) is 0 Å². The summed E-state index contributed by atoms with van der Waals surface area (Å²) >= 11 is 3.37. The molecule has 0 spiro atoms. The van der Waals surface area contributed by atoms with E-state index in [1.807, 2.05) is 24.3 Å². The Morgan fingerprint density at radius 2 is 1.88 bits per heavy atom. The number of anilines is 1. The molecule has 1 heterocycles. The lowest BCUT2D eigenvalue weighted by atomic mass is 10.1. The van der Waals surface area contributed by atoms with Crippen LogP contribution in [0.15, 0.2) is 53.0 Å². The minimum Gasteiger partial charge on any atom is -0.324 e. The quantitative estimate of drug-likeness (QED) is 0.714. The molecule has 0 atom stereocenters. The molecule has 0 aliphatic heterocycles. The molecule has 0 aliphatic rings. The van der Waals surface area contributed by atoms with Gasteiger partial charge in [0.15, 0.2) is 0 Å². The number of aromatic nitrogens is 4. The summed E-state index contributed by atoms with van der Waals surface area (Å²) < 4.78 is 0.962. The fourth-order valence-corrected chi connectivity index (χ4v) is 2.42. The number of tetrazole rings is 1. The summed E-state index contributed by atoms with van der Waals surface area (Å²) in [5.74, 6) is 0.203. The van der Waals surface area contributed by atoms with Gasteiger partial charge in [-0.3, -0.25) is 4.79 Å². The first kappa shape index (κ1) is 16.8. The summed E-state index contributed by atoms with van der Waals surface area (Å²) in [5, 5.41) is 23.5. The Balaban J connectivity index is 1.61. The van der Waals surface area contributed by atoms with Crippen molar-refractivity contribution in [1.82, 2.24) is 20.2 Å². The standard InChI is InChI=1S/C17H13BrN6O/c18-14-5-3-13(4-6-14)17-21-23-24(22-17)11-16(25)20-15-7-1-12(2-8-15)9-10-19/h1-8H,9,11H2,(H,20,25). The molecule has 3 rings (SSSR count). The van der Waals surface area contributed by atoms with Gasteiger partial charge in [0.1, 0.15) is 6.54 Å². The molecule has 1 N–H and O–H groups in total. The topological polar surface area (TPSA) is 96.5 Å². The predicted molar refractivity (Wildman–Crippen MR) is 95.3 cm³/mol. The Bertz CT molecular complexity index is 912. The molecule has 0 unspecified atom stereocenters. The molecule has 0 saturated heterocycles. The maximum atomic E-state index is 12.1. The first-order valence-electron chi connectivity index (χ1n) is 7.43. The van der Waals surface area contributed by atoms with Crippen molar-refractivity contribution in [1.29, 1.82) is 5.26 Å². The molecule has 0 aliphatic carbocycles. The summed E-state index contributed by atoms with van der Waals surface area (Å²) in [5.41, 5.74) is 2.38. The van der Waals surface area contributed by atoms with E-state index in [2.05, 4.69) is 42.7 Å². The third-order valence-electron chi connectivity index (χ3n) is 3.36. The summed E-state index contributed by atoms with van der Waals surface area (Å²) in [6, 6.07) is 16.7. The van der Waals surface area contributed by atoms with E-state index in [1.54, 1.807) is 24.3 Å². The van der Waals surface area contributed by atoms with Crippen LogP contribution >= 0.6 is 15.9 Å². The number of hydrogen-bond donors (Lipinski definition) is 1. The van der Waals surface area contributed by atoms with Crippen LogP contribution in [0.5, 0.6) is 0 Å². The van der Waals surface area contributed by atoms with E-state index < -0.39 is 0 Å². The fourth-order valence-electron chi connectivity index (χ4n) is 2.15. The number of nitrogens with zero attached hydrogens (tertiary/aromatic N) is 5. The second-order valence-corrected chi connectivity index (χ2v) is 6.15. The minimum absolute atomic E-state index is 0.0382. The molecule has 25 heavy (non-hydrogen) atoms. The van der Waals surface area contributed by atoms with E-state index in [0.717, 1.165) is 15.6 Å². The van der Waals surface area contributed by atoms with Gasteiger partial charge in [-0.2, -0.15) is 10.1 Å². The number of rotatable bonds is 5. The zero-order chi connectivity index (χ0) is 17.6. The van der Waals surface area contributed by atoms with E-state index in [0.29, 0.717) is 17.9 Å². The lowest BCUT2D eigenvalue weighted by Crippen LogP contribution is -2.20. The van der Waals surface area contributed by atoms with Crippen LogP contribution < -0.4 is 5.32 Å². The van der Waals surface area contributed by atoms with Gasteiger partial charge in [0.2, 0.25) is 11.7 Å². The number of carbonyl (C=O) groups is 1. The van der Waals surface area contributed by atoms with Crippen molar-refractivity contribution in [2.75, 3.05) is 5.32 Å². The van der Waals surface area contributed by atoms with Crippen molar-refractivity contribution in [3.8, 4) is 17.5 Å². The van der Waals surface area contributed by atoms with Crippen molar-refractivity contribution in [2.24, 2.45) is 0 Å². The highest BCUT2D eigenvalue weighted by Crippen LogP contribution is 2.17. The van der Waals surface area contributed by atoms with E-state index in [9.17, 15) is 4.79 Å². The van der Waals surface area contributed by atoms with Gasteiger partial charge in [-0.25, -0.2) is 0 Å². The Morgan fingerprint density at radius 3 is 2.56 bits per heavy atom. The molecular formula is C17H13BrN6O. The van der Waals surface area contributed by atoms with Gasteiger partial charge in [-0.05, 0) is 47.2 Å². The Kier molecular flexibility index (Phi) is 5.16. The largest absolute Gasteiger partial charge is 0.324 e. The molecule has 3 aromatic rings. The number of halogens is 1. The lowest BCUT2D eigenvalue weighted by molar-refractivity contribution is -0.117. The highest BCUT2D eigenvalue weighted by Gasteiger charge is 2.09. The SMILES string of the molecule is N#CCc1ccc(NC(=O)Cn2nnc(-c3ccc(Br)cc3)n2)cc1. The first-order valence-corrected chi connectivity index (χ1v) is 8.23. The summed E-state index contributed by atoms with van der Waals surface area (Å²) in [7, 11) is 0. The van der Waals surface area contributed by atoms with Crippen LogP contribution in [0.2, 0.25) is 0 Å². The zero-order valence-electron chi connectivity index (χ0n) is 13.1. The van der Waals surface area contributed by atoms with Crippen LogP contribution in [-0.2, 0) is 17.8 Å². The van der Waals surface area contributed by atoms with Crippen LogP contribution in [0.25, 0.3) is 11.4 Å². The summed E-state index contributed by atoms with van der Waals surface area (Å²) in [6.45, 7) is -0.0382. The number of amides is 1. The molecule has 124 valence electrons. The van der Waals surface area contributed by atoms with Gasteiger partial charge < -0.3 is 5.32 Å². The van der Waals surface area contributed by atoms with Gasteiger partial charge in [0.05, 0.1) is 12.5 Å². The minimum atomic E-state index is -0.257. The van der Waals surface area contributed by atoms with E-state index >= 15 is 0 Å². The van der Waals surface area contributed by atoms with Crippen LogP contribution in [-0.4, -0.2) is 26.1 Å². The van der Waals surface area contributed by atoms with E-state index in [1.165, 1.54) is 4.80 Å². The third-order valence-corrected chi connectivity index (χ3v) is 3.89. The highest BCUT2D eigenvalue weighted by atomic mass is 79.9. The third kappa shape index (κ3) is 4.49. The number of carbonyl (C=O) groups excluding carboxylic acids is 1. The van der Waals surface area contributed by atoms with Gasteiger partial charge in [-0.15, -0.1) is 10.2 Å². The summed E-state index contributed by atoms with van der Waals surface area (Å²) in [4.78, 5) is 13.3. The average molecular weight is 397 g/mol. The van der Waals surface area contributed by atoms with Crippen LogP contribution in [0.4, 0.5) is 5.69 Å². The van der Waals surface area contributed by atoms with Crippen molar-refractivity contribution < 1.29 is 4.79 Å². The number of nitriles is 1. The zero-order valence-corrected chi connectivity index (χ0v) is 14.6. The molecule has 0 radical (unpaired) electrons. The van der Waals surface area contributed by atoms with Crippen molar-refractivity contribution in [3.05, 3.63) is 58.6 Å². The number of hydrogen-bond acceptors (Lipinski definition) is 5. The van der Waals surface area contributed by atoms with Crippen molar-refractivity contribution in [3.63, 3.8) is 0 Å². The molecule has 7 nitrogen and oxygen atoms in total. The van der Waals surface area contributed by atoms with Gasteiger partial charge in [0, 0.05) is 15.7 Å². The maximum Gasteiger partial charge on any atom is 0.248 e. The average Bonchev–Trinajstić information content (AvgIpc) is 3.06. The lowest BCUT2D eigenvalue weighted by Gasteiger charge is -2.04. The molecule has 0 fully saturated rings. The molecule has 1 amide bonds. The molecule has 0 bridgehead atoms. The van der Waals surface area contributed by atoms with Gasteiger partial charge >= 0.3 is 0 Å². The Morgan fingerprint density at radius 1 is 1.16 bits per heavy atom. The monoisotopic (exact) mass is 396 g/mol. The van der Waals surface area contributed by atoms with Crippen molar-refractivity contribution >= 4 is 27.5 Å². The Hall–Kier alpha value is -3.05. The smallest absolute Gasteiger partial charge is 0.248 e. The number of nitrogens with one attached hydrogen (secondary N) is 1. The van der Waals surface area contributed by atoms with Crippen LogP contribution in [0, 0.1) is 11.3 Å². The highest BCUT2D eigenvalue weighted by molar-refractivity contribution is 9.10. The molecule has 8 heteroatoms. The first-order chi connectivity index (χ1) is 12.1. The second-order valence-electron chi connectivity index (χ2n) is 5.23. The number of benzene rings is 2. The van der Waals surface area contributed by atoms with Crippen molar-refractivity contribution in [2.45, 2.75) is 13.0 Å². The van der Waals surface area contributed by atoms with Crippen LogP contribution in [0.3, 0.4) is 0 Å². The molecule has 1 aromatic heterocycles. The summed E-state index contributed by atoms with van der Waals surface area (Å²) in [6.07, 6.45) is 0.343.